The van der Waals surface area contributed by atoms with E-state index in [0.29, 0.717) is 19.1 Å². The van der Waals surface area contributed by atoms with Crippen molar-refractivity contribution in [2.45, 2.75) is 32.2 Å². The SMILES string of the molecule is C#CCN(CC)C(=O)c1cccn1C1CCC1. The maximum Gasteiger partial charge on any atom is 0.271 e. The van der Waals surface area contributed by atoms with Crippen molar-refractivity contribution in [3.8, 4) is 12.3 Å². The van der Waals surface area contributed by atoms with Gasteiger partial charge in [-0.2, -0.15) is 0 Å². The van der Waals surface area contributed by atoms with Crippen LogP contribution in [0.5, 0.6) is 0 Å². The molecule has 0 saturated heterocycles. The van der Waals surface area contributed by atoms with E-state index in [1.165, 1.54) is 19.3 Å². The lowest BCUT2D eigenvalue weighted by molar-refractivity contribution is 0.0768. The van der Waals surface area contributed by atoms with E-state index in [1.54, 1.807) is 4.90 Å². The molecule has 17 heavy (non-hydrogen) atoms. The summed E-state index contributed by atoms with van der Waals surface area (Å²) in [5, 5.41) is 0. The molecule has 0 radical (unpaired) electrons. The number of hydrogen-bond acceptors (Lipinski definition) is 1. The Labute approximate surface area is 102 Å². The van der Waals surface area contributed by atoms with Gasteiger partial charge in [0, 0.05) is 18.8 Å². The number of aromatic nitrogens is 1. The Morgan fingerprint density at radius 2 is 2.41 bits per heavy atom. The van der Waals surface area contributed by atoms with Crippen LogP contribution in [0.15, 0.2) is 18.3 Å². The monoisotopic (exact) mass is 230 g/mol. The molecule has 0 unspecified atom stereocenters. The molecule has 90 valence electrons. The van der Waals surface area contributed by atoms with E-state index in [2.05, 4.69) is 10.5 Å². The molecule has 0 N–H and O–H groups in total. The third kappa shape index (κ3) is 2.21. The van der Waals surface area contributed by atoms with E-state index in [9.17, 15) is 4.79 Å². The van der Waals surface area contributed by atoms with E-state index in [-0.39, 0.29) is 5.91 Å². The van der Waals surface area contributed by atoms with Crippen LogP contribution in [0.4, 0.5) is 0 Å². The fraction of sp³-hybridized carbons (Fsp3) is 0.500. The highest BCUT2D eigenvalue weighted by atomic mass is 16.2. The summed E-state index contributed by atoms with van der Waals surface area (Å²) < 4.78 is 2.10. The number of amides is 1. The van der Waals surface area contributed by atoms with Crippen molar-refractivity contribution < 1.29 is 4.79 Å². The smallest absolute Gasteiger partial charge is 0.271 e. The lowest BCUT2D eigenvalue weighted by atomic mass is 9.93. The van der Waals surface area contributed by atoms with Crippen LogP contribution in [0, 0.1) is 12.3 Å². The Bertz CT molecular complexity index is 437. The van der Waals surface area contributed by atoms with Crippen LogP contribution in [0.2, 0.25) is 0 Å². The molecule has 0 spiro atoms. The second-order valence-electron chi connectivity index (χ2n) is 4.41. The van der Waals surface area contributed by atoms with Crippen LogP contribution in [-0.4, -0.2) is 28.5 Å². The van der Waals surface area contributed by atoms with E-state index in [0.717, 1.165) is 5.69 Å². The summed E-state index contributed by atoms with van der Waals surface area (Å²) in [6, 6.07) is 4.34. The number of carbonyl (C=O) groups excluding carboxylic acids is 1. The van der Waals surface area contributed by atoms with Gasteiger partial charge in [-0.1, -0.05) is 5.92 Å². The normalized spacial score (nSPS) is 15.1. The van der Waals surface area contributed by atoms with Crippen molar-refractivity contribution in [3.63, 3.8) is 0 Å². The number of hydrogen-bond donors (Lipinski definition) is 0. The summed E-state index contributed by atoms with van der Waals surface area (Å²) in [6.45, 7) is 2.98. The Balaban J connectivity index is 2.18. The third-order valence-electron chi connectivity index (χ3n) is 3.42. The lowest BCUT2D eigenvalue weighted by Gasteiger charge is -2.30. The van der Waals surface area contributed by atoms with Gasteiger partial charge in [0.2, 0.25) is 0 Å². The third-order valence-corrected chi connectivity index (χ3v) is 3.42. The standard InChI is InChI=1S/C14H18N2O/c1-3-10-15(4-2)14(17)13-9-6-11-16(13)12-7-5-8-12/h1,6,9,11-12H,4-5,7-8,10H2,2H3. The molecule has 0 aromatic carbocycles. The molecule has 1 amide bonds. The van der Waals surface area contributed by atoms with Gasteiger partial charge in [-0.15, -0.1) is 6.42 Å². The highest BCUT2D eigenvalue weighted by Gasteiger charge is 2.24. The van der Waals surface area contributed by atoms with Crippen LogP contribution in [0.1, 0.15) is 42.7 Å². The van der Waals surface area contributed by atoms with Gasteiger partial charge in [0.05, 0.1) is 6.54 Å². The minimum atomic E-state index is 0.0438. The van der Waals surface area contributed by atoms with Gasteiger partial charge in [0.25, 0.3) is 5.91 Å². The average Bonchev–Trinajstić information content (AvgIpc) is 2.71. The van der Waals surface area contributed by atoms with Crippen molar-refractivity contribution in [1.29, 1.82) is 0 Å². The quantitative estimate of drug-likeness (QED) is 0.729. The van der Waals surface area contributed by atoms with Gasteiger partial charge in [-0.3, -0.25) is 4.79 Å². The molecule has 0 aliphatic heterocycles. The second kappa shape index (κ2) is 5.09. The molecule has 3 heteroatoms. The van der Waals surface area contributed by atoms with Crippen molar-refractivity contribution in [2.75, 3.05) is 13.1 Å². The highest BCUT2D eigenvalue weighted by Crippen LogP contribution is 2.32. The van der Waals surface area contributed by atoms with E-state index < -0.39 is 0 Å². The number of terminal acetylenes is 1. The van der Waals surface area contributed by atoms with Gasteiger partial charge < -0.3 is 9.47 Å². The maximum atomic E-state index is 12.3. The highest BCUT2D eigenvalue weighted by molar-refractivity contribution is 5.93. The summed E-state index contributed by atoms with van der Waals surface area (Å²) in [4.78, 5) is 14.0. The Hall–Kier alpha value is -1.69. The van der Waals surface area contributed by atoms with Crippen LogP contribution >= 0.6 is 0 Å². The molecular formula is C14H18N2O. The first-order valence-corrected chi connectivity index (χ1v) is 6.17. The van der Waals surface area contributed by atoms with E-state index in [1.807, 2.05) is 25.3 Å². The molecule has 1 heterocycles. The maximum absolute atomic E-state index is 12.3. The number of rotatable bonds is 4. The fourth-order valence-electron chi connectivity index (χ4n) is 2.16. The van der Waals surface area contributed by atoms with E-state index in [4.69, 9.17) is 6.42 Å². The molecule has 1 fully saturated rings. The predicted octanol–water partition coefficient (Wildman–Crippen LogP) is 2.31. The molecule has 1 aromatic rings. The summed E-state index contributed by atoms with van der Waals surface area (Å²) in [5.41, 5.74) is 0.770. The predicted molar refractivity (Wildman–Crippen MR) is 67.7 cm³/mol. The van der Waals surface area contributed by atoms with Crippen molar-refractivity contribution in [2.24, 2.45) is 0 Å². The zero-order valence-electron chi connectivity index (χ0n) is 10.2. The largest absolute Gasteiger partial charge is 0.340 e. The molecular weight excluding hydrogens is 212 g/mol. The van der Waals surface area contributed by atoms with Crippen LogP contribution in [-0.2, 0) is 0 Å². The first-order chi connectivity index (χ1) is 8.27. The number of carbonyl (C=O) groups is 1. The van der Waals surface area contributed by atoms with Crippen LogP contribution in [0.3, 0.4) is 0 Å². The van der Waals surface area contributed by atoms with Gasteiger partial charge in [-0.05, 0) is 38.3 Å². The van der Waals surface area contributed by atoms with Crippen molar-refractivity contribution in [3.05, 3.63) is 24.0 Å². The summed E-state index contributed by atoms with van der Waals surface area (Å²) in [7, 11) is 0. The summed E-state index contributed by atoms with van der Waals surface area (Å²) in [5.74, 6) is 2.58. The topological polar surface area (TPSA) is 25.2 Å². The minimum absolute atomic E-state index is 0.0438. The molecule has 1 aliphatic rings. The molecule has 0 bridgehead atoms. The Morgan fingerprint density at radius 1 is 1.65 bits per heavy atom. The summed E-state index contributed by atoms with van der Waals surface area (Å²) >= 11 is 0. The van der Waals surface area contributed by atoms with Gasteiger partial charge in [-0.25, -0.2) is 0 Å². The second-order valence-corrected chi connectivity index (χ2v) is 4.41. The first kappa shape index (κ1) is 11.8. The van der Waals surface area contributed by atoms with E-state index >= 15 is 0 Å². The van der Waals surface area contributed by atoms with Gasteiger partial charge >= 0.3 is 0 Å². The van der Waals surface area contributed by atoms with Crippen LogP contribution < -0.4 is 0 Å². The first-order valence-electron chi connectivity index (χ1n) is 6.17. The zero-order valence-corrected chi connectivity index (χ0v) is 10.2. The lowest BCUT2D eigenvalue weighted by Crippen LogP contribution is -2.33. The molecule has 1 aliphatic carbocycles. The fourth-order valence-corrected chi connectivity index (χ4v) is 2.16. The Kier molecular flexibility index (Phi) is 3.53. The van der Waals surface area contributed by atoms with Gasteiger partial charge in [0.15, 0.2) is 0 Å². The Morgan fingerprint density at radius 3 is 2.94 bits per heavy atom. The average molecular weight is 230 g/mol. The molecule has 2 rings (SSSR count). The molecule has 1 aromatic heterocycles. The van der Waals surface area contributed by atoms with Crippen molar-refractivity contribution in [1.82, 2.24) is 9.47 Å². The molecule has 0 atom stereocenters. The zero-order chi connectivity index (χ0) is 12.3. The minimum Gasteiger partial charge on any atom is -0.340 e. The van der Waals surface area contributed by atoms with Crippen LogP contribution in [0.25, 0.3) is 0 Å². The summed E-state index contributed by atoms with van der Waals surface area (Å²) in [6.07, 6.45) is 10.9. The van der Waals surface area contributed by atoms with Crippen molar-refractivity contribution >= 4 is 5.91 Å². The molecule has 3 nitrogen and oxygen atoms in total. The molecule has 1 saturated carbocycles. The van der Waals surface area contributed by atoms with Gasteiger partial charge in [0.1, 0.15) is 5.69 Å². The number of nitrogens with zero attached hydrogens (tertiary/aromatic N) is 2.